The van der Waals surface area contributed by atoms with Gasteiger partial charge in [-0.15, -0.1) is 11.3 Å². The minimum atomic E-state index is -3.99. The van der Waals surface area contributed by atoms with Crippen LogP contribution in [0.15, 0.2) is 36.0 Å². The summed E-state index contributed by atoms with van der Waals surface area (Å²) in [6, 6.07) is 1.25. The number of nitrogens with one attached hydrogen (secondary N) is 3. The van der Waals surface area contributed by atoms with Crippen LogP contribution in [0.25, 0.3) is 10.6 Å². The fourth-order valence-corrected chi connectivity index (χ4v) is 8.99. The lowest BCUT2D eigenvalue weighted by Crippen LogP contribution is -2.59. The smallest absolute Gasteiger partial charge is 0.405 e. The van der Waals surface area contributed by atoms with Gasteiger partial charge in [-0.1, -0.05) is 26.0 Å². The molecule has 1 unspecified atom stereocenters. The van der Waals surface area contributed by atoms with Gasteiger partial charge in [-0.25, -0.2) is 13.2 Å². The van der Waals surface area contributed by atoms with Crippen LogP contribution in [-0.2, 0) is 24.4 Å². The number of carboxylic acid groups (broad SMARTS) is 1. The van der Waals surface area contributed by atoms with Crippen LogP contribution in [0, 0.1) is 24.7 Å². The molecule has 2 aliphatic heterocycles. The van der Waals surface area contributed by atoms with Crippen molar-refractivity contribution in [2.45, 2.75) is 101 Å². The molecule has 2 aromatic heterocycles. The zero-order chi connectivity index (χ0) is 36.0. The van der Waals surface area contributed by atoms with E-state index in [9.17, 15) is 32.7 Å². The van der Waals surface area contributed by atoms with Gasteiger partial charge in [0.15, 0.2) is 0 Å². The Balaban J connectivity index is 1.32. The summed E-state index contributed by atoms with van der Waals surface area (Å²) in [5.41, 5.74) is 1.53. The van der Waals surface area contributed by atoms with Crippen molar-refractivity contribution in [1.29, 1.82) is 0 Å². The Morgan fingerprint density at radius 3 is 2.62 bits per heavy atom. The van der Waals surface area contributed by atoms with Crippen molar-refractivity contribution in [3.63, 3.8) is 0 Å². The first kappa shape index (κ1) is 35.8. The van der Waals surface area contributed by atoms with Crippen LogP contribution >= 0.6 is 11.3 Å². The second-order valence-electron chi connectivity index (χ2n) is 14.6. The Labute approximate surface area is 295 Å². The topological polar surface area (TPSA) is 197 Å². The van der Waals surface area contributed by atoms with Crippen LogP contribution in [0.5, 0.6) is 5.75 Å². The maximum absolute atomic E-state index is 14.3. The number of ether oxygens (including phenoxy) is 1. The molecule has 50 heavy (non-hydrogen) atoms. The number of hydrogen-bond acceptors (Lipinski definition) is 10. The van der Waals surface area contributed by atoms with Crippen molar-refractivity contribution in [3.05, 3.63) is 41.7 Å². The number of pyridine rings is 1. The van der Waals surface area contributed by atoms with Crippen molar-refractivity contribution in [3.8, 4) is 16.3 Å². The van der Waals surface area contributed by atoms with Crippen LogP contribution in [0.3, 0.4) is 0 Å². The number of allylic oxidation sites excluding steroid dienone is 1. The van der Waals surface area contributed by atoms with E-state index < -0.39 is 74.1 Å². The third kappa shape index (κ3) is 7.36. The van der Waals surface area contributed by atoms with Gasteiger partial charge in [-0.3, -0.25) is 29.1 Å². The lowest BCUT2D eigenvalue weighted by atomic mass is 9.88. The van der Waals surface area contributed by atoms with Crippen molar-refractivity contribution < 1.29 is 37.4 Å². The summed E-state index contributed by atoms with van der Waals surface area (Å²) in [6.07, 6.45) is 6.53. The van der Waals surface area contributed by atoms with E-state index in [-0.39, 0.29) is 25.3 Å². The molecule has 16 heteroatoms. The first-order valence-electron chi connectivity index (χ1n) is 17.0. The number of carbonyl (C=O) groups is 4. The van der Waals surface area contributed by atoms with E-state index in [1.165, 1.54) is 16.2 Å². The lowest BCUT2D eigenvalue weighted by Gasteiger charge is -2.32. The quantitative estimate of drug-likeness (QED) is 0.307. The minimum Gasteiger partial charge on any atom is -0.488 e. The molecule has 6 rings (SSSR count). The number of hydrogen-bond donors (Lipinski definition) is 4. The lowest BCUT2D eigenvalue weighted by molar-refractivity contribution is -0.142. The van der Waals surface area contributed by atoms with Crippen LogP contribution in [0.4, 0.5) is 4.79 Å². The highest BCUT2D eigenvalue weighted by atomic mass is 32.2. The summed E-state index contributed by atoms with van der Waals surface area (Å²) in [5, 5.41) is 15.0. The number of amides is 4. The van der Waals surface area contributed by atoms with Gasteiger partial charge in [0.2, 0.25) is 21.8 Å². The highest BCUT2D eigenvalue weighted by molar-refractivity contribution is 7.91. The molecule has 7 atom stereocenters. The van der Waals surface area contributed by atoms with Crippen molar-refractivity contribution in [2.24, 2.45) is 17.8 Å². The fourth-order valence-electron chi connectivity index (χ4n) is 7.10. The van der Waals surface area contributed by atoms with Gasteiger partial charge < -0.3 is 25.4 Å². The molecule has 2 saturated carbocycles. The average Bonchev–Trinajstić information content (AvgIpc) is 3.79. The fraction of sp³-hybridized carbons (Fsp3) is 0.588. The molecular formula is C34H44N6O8S2. The molecule has 270 valence electrons. The van der Waals surface area contributed by atoms with Crippen LogP contribution < -0.4 is 20.1 Å². The normalized spacial score (nSPS) is 31.6. The zero-order valence-corrected chi connectivity index (χ0v) is 30.2. The number of thiazole rings is 1. The Hall–Kier alpha value is -4.05. The van der Waals surface area contributed by atoms with E-state index in [4.69, 9.17) is 4.74 Å². The summed E-state index contributed by atoms with van der Waals surface area (Å²) in [4.78, 5) is 65.1. The standard InChI is InChI=1S/C34H44N6O8S2/c1-19-7-5-6-8-22-15-34(22,31(43)39-50(46,47)33(4)9-10-33)38-29(41)26-14-24(17-40(26)30(42)28(20(2)11-19)37-32(44)45)48-23-12-21(3)36-25(13-23)27-16-35-18-49-27/h6,8,12-13,16,18-20,22,24,26,28,37H,5,7,9-11,14-15,17H2,1-4H3,(H,38,41)(H,39,43)(H,44,45)/b8-6-/t19-,20-,22-,24-,26+,28+,34?/m1/s1. The summed E-state index contributed by atoms with van der Waals surface area (Å²) >= 11 is 1.42. The summed E-state index contributed by atoms with van der Waals surface area (Å²) < 4.78 is 33.7. The van der Waals surface area contributed by atoms with Crippen LogP contribution in [0.2, 0.25) is 0 Å². The van der Waals surface area contributed by atoms with Gasteiger partial charge in [0.05, 0.1) is 27.4 Å². The van der Waals surface area contributed by atoms with Gasteiger partial charge >= 0.3 is 6.09 Å². The predicted molar refractivity (Wildman–Crippen MR) is 185 cm³/mol. The molecule has 4 amide bonds. The number of rotatable bonds is 7. The molecule has 0 radical (unpaired) electrons. The molecule has 2 aliphatic carbocycles. The molecule has 14 nitrogen and oxygen atoms in total. The molecule has 0 bridgehead atoms. The van der Waals surface area contributed by atoms with Gasteiger partial charge in [0.1, 0.15) is 29.5 Å². The maximum Gasteiger partial charge on any atom is 0.405 e. The second kappa shape index (κ2) is 13.6. The van der Waals surface area contributed by atoms with E-state index in [1.807, 2.05) is 32.9 Å². The Bertz CT molecular complexity index is 1800. The maximum atomic E-state index is 14.3. The molecule has 0 spiro atoms. The molecule has 3 fully saturated rings. The summed E-state index contributed by atoms with van der Waals surface area (Å²) in [6.45, 7) is 7.23. The van der Waals surface area contributed by atoms with Gasteiger partial charge in [0.25, 0.3) is 5.91 Å². The van der Waals surface area contributed by atoms with Crippen molar-refractivity contribution >= 4 is 45.2 Å². The summed E-state index contributed by atoms with van der Waals surface area (Å²) in [5.74, 6) is -2.25. The number of fused-ring (bicyclic) bond motifs is 2. The number of carbonyl (C=O) groups excluding carboxylic acids is 3. The van der Waals surface area contributed by atoms with Gasteiger partial charge in [0, 0.05) is 36.4 Å². The Kier molecular flexibility index (Phi) is 9.72. The third-order valence-electron chi connectivity index (χ3n) is 10.4. The molecule has 1 saturated heterocycles. The van der Waals surface area contributed by atoms with Crippen LogP contribution in [0.1, 0.15) is 71.4 Å². The molecule has 0 aromatic carbocycles. The molecule has 4 N–H and O–H groups in total. The van der Waals surface area contributed by atoms with Gasteiger partial charge in [-0.05, 0) is 64.2 Å². The predicted octanol–water partition coefficient (Wildman–Crippen LogP) is 3.38. The van der Waals surface area contributed by atoms with E-state index in [2.05, 4.69) is 25.3 Å². The van der Waals surface area contributed by atoms with E-state index in [1.54, 1.807) is 30.8 Å². The monoisotopic (exact) mass is 728 g/mol. The first-order chi connectivity index (χ1) is 23.6. The van der Waals surface area contributed by atoms with Crippen LogP contribution in [-0.4, -0.2) is 87.2 Å². The summed E-state index contributed by atoms with van der Waals surface area (Å²) in [7, 11) is -3.99. The number of aryl methyl sites for hydroxylation is 1. The number of nitrogens with zero attached hydrogens (tertiary/aromatic N) is 3. The number of aromatic nitrogens is 2. The van der Waals surface area contributed by atoms with E-state index in [0.29, 0.717) is 42.8 Å². The minimum absolute atomic E-state index is 0.0243. The van der Waals surface area contributed by atoms with Crippen molar-refractivity contribution in [1.82, 2.24) is 30.2 Å². The van der Waals surface area contributed by atoms with Gasteiger partial charge in [-0.2, -0.15) is 0 Å². The van der Waals surface area contributed by atoms with Crippen molar-refractivity contribution in [2.75, 3.05) is 6.54 Å². The molecule has 4 heterocycles. The third-order valence-corrected chi connectivity index (χ3v) is 13.4. The Morgan fingerprint density at radius 1 is 1.18 bits per heavy atom. The highest BCUT2D eigenvalue weighted by Crippen LogP contribution is 2.47. The molecular weight excluding hydrogens is 685 g/mol. The molecule has 2 aromatic rings. The van der Waals surface area contributed by atoms with E-state index in [0.717, 1.165) is 11.3 Å². The highest BCUT2D eigenvalue weighted by Gasteiger charge is 2.63. The van der Waals surface area contributed by atoms with E-state index >= 15 is 0 Å². The molecule has 4 aliphatic rings. The zero-order valence-electron chi connectivity index (χ0n) is 28.5. The largest absolute Gasteiger partial charge is 0.488 e. The first-order valence-corrected chi connectivity index (χ1v) is 19.4. The SMILES string of the molecule is Cc1cc(O[C@@H]2C[C@H]3C(=O)NC4(C(=O)NS(=O)(=O)C5(C)CC5)C[C@H]4/C=C\CC[C@@H](C)C[C@@H](C)[C@H](NC(=O)O)C(=O)N3C2)cc(-c2cncs2)n1. The number of sulfonamides is 1. The Morgan fingerprint density at radius 2 is 1.94 bits per heavy atom. The second-order valence-corrected chi connectivity index (χ2v) is 17.7. The average molecular weight is 729 g/mol.